The van der Waals surface area contributed by atoms with Crippen LogP contribution in [-0.2, 0) is 9.53 Å². The third-order valence-electron chi connectivity index (χ3n) is 5.25. The van der Waals surface area contributed by atoms with Gasteiger partial charge in [-0.2, -0.15) is 0 Å². The van der Waals surface area contributed by atoms with Crippen molar-refractivity contribution in [2.75, 3.05) is 7.11 Å². The molecule has 4 nitrogen and oxygen atoms in total. The molecule has 0 aromatic heterocycles. The summed E-state index contributed by atoms with van der Waals surface area (Å²) in [5, 5.41) is 9.56. The molecule has 0 heterocycles. The lowest BCUT2D eigenvalue weighted by atomic mass is 9.50. The number of rotatable bonds is 4. The van der Waals surface area contributed by atoms with Gasteiger partial charge in [-0.15, -0.1) is 0 Å². The van der Waals surface area contributed by atoms with Crippen LogP contribution < -0.4 is 4.74 Å². The van der Waals surface area contributed by atoms with E-state index in [-0.39, 0.29) is 17.1 Å². The van der Waals surface area contributed by atoms with Crippen LogP contribution in [-0.4, -0.2) is 18.2 Å². The lowest BCUT2D eigenvalue weighted by Gasteiger charge is -2.55. The first-order valence-corrected chi connectivity index (χ1v) is 7.88. The van der Waals surface area contributed by atoms with Crippen molar-refractivity contribution in [2.45, 2.75) is 26.7 Å². The Labute approximate surface area is 136 Å². The monoisotopic (exact) mass is 314 g/mol. The number of esters is 1. The number of phenolic OH excluding ortho intramolecular Hbond substituents is 1. The molecule has 0 amide bonds. The predicted octanol–water partition coefficient (Wildman–Crippen LogP) is 3.91. The van der Waals surface area contributed by atoms with Gasteiger partial charge < -0.3 is 14.6 Å². The molecule has 3 aliphatic carbocycles. The van der Waals surface area contributed by atoms with E-state index in [0.717, 1.165) is 30.1 Å². The zero-order chi connectivity index (χ0) is 16.6. The minimum absolute atomic E-state index is 0.0707. The highest BCUT2D eigenvalue weighted by atomic mass is 16.5. The Morgan fingerprint density at radius 1 is 1.39 bits per heavy atom. The summed E-state index contributed by atoms with van der Waals surface area (Å²) in [5.41, 5.74) is 0.997. The summed E-state index contributed by atoms with van der Waals surface area (Å²) in [6.07, 6.45) is 7.22. The third-order valence-corrected chi connectivity index (χ3v) is 5.25. The summed E-state index contributed by atoms with van der Waals surface area (Å²) in [7, 11) is 1.49. The van der Waals surface area contributed by atoms with E-state index in [2.05, 4.69) is 19.9 Å². The fourth-order valence-electron chi connectivity index (χ4n) is 3.52. The quantitative estimate of drug-likeness (QED) is 0.676. The van der Waals surface area contributed by atoms with Crippen LogP contribution in [0, 0.1) is 17.3 Å². The molecular weight excluding hydrogens is 292 g/mol. The summed E-state index contributed by atoms with van der Waals surface area (Å²) in [4.78, 5) is 12.0. The molecule has 1 aromatic rings. The number of carbonyl (C=O) groups is 1. The topological polar surface area (TPSA) is 55.8 Å². The third kappa shape index (κ3) is 2.85. The molecule has 0 aliphatic heterocycles. The molecule has 1 aromatic carbocycles. The van der Waals surface area contributed by atoms with Gasteiger partial charge in [0.1, 0.15) is 5.76 Å². The predicted molar refractivity (Wildman–Crippen MR) is 87.9 cm³/mol. The highest BCUT2D eigenvalue weighted by Crippen LogP contribution is 2.59. The van der Waals surface area contributed by atoms with Crippen molar-refractivity contribution in [2.24, 2.45) is 17.3 Å². The summed E-state index contributed by atoms with van der Waals surface area (Å²) in [6.45, 7) is 4.48. The van der Waals surface area contributed by atoms with Crippen LogP contribution in [0.15, 0.2) is 36.1 Å². The van der Waals surface area contributed by atoms with E-state index in [9.17, 15) is 9.90 Å². The van der Waals surface area contributed by atoms with Gasteiger partial charge in [-0.05, 0) is 54.0 Å². The fraction of sp³-hybridized carbons (Fsp3) is 0.421. The summed E-state index contributed by atoms with van der Waals surface area (Å²) < 4.78 is 10.6. The first-order valence-electron chi connectivity index (χ1n) is 7.88. The first-order chi connectivity index (χ1) is 10.9. The largest absolute Gasteiger partial charge is 0.504 e. The molecule has 0 unspecified atom stereocenters. The maximum absolute atomic E-state index is 12.0. The van der Waals surface area contributed by atoms with Crippen molar-refractivity contribution < 1.29 is 19.4 Å². The highest BCUT2D eigenvalue weighted by molar-refractivity contribution is 5.88. The van der Waals surface area contributed by atoms with Gasteiger partial charge in [0.25, 0.3) is 0 Å². The van der Waals surface area contributed by atoms with E-state index in [1.54, 1.807) is 18.2 Å². The normalized spacial score (nSPS) is 24.7. The molecule has 0 saturated heterocycles. The van der Waals surface area contributed by atoms with E-state index in [1.165, 1.54) is 19.3 Å². The molecule has 23 heavy (non-hydrogen) atoms. The highest BCUT2D eigenvalue weighted by Gasteiger charge is 2.52. The Balaban J connectivity index is 1.65. The number of hydrogen-bond acceptors (Lipinski definition) is 4. The van der Waals surface area contributed by atoms with E-state index in [1.807, 2.05) is 0 Å². The Morgan fingerprint density at radius 3 is 2.83 bits per heavy atom. The van der Waals surface area contributed by atoms with E-state index < -0.39 is 0 Å². The average molecular weight is 314 g/mol. The van der Waals surface area contributed by atoms with Gasteiger partial charge in [0, 0.05) is 12.0 Å². The summed E-state index contributed by atoms with van der Waals surface area (Å²) in [6, 6.07) is 4.91. The van der Waals surface area contributed by atoms with Crippen LogP contribution in [0.2, 0.25) is 0 Å². The van der Waals surface area contributed by atoms with Crippen molar-refractivity contribution >= 4 is 12.0 Å². The van der Waals surface area contributed by atoms with Crippen LogP contribution in [0.1, 0.15) is 32.3 Å². The molecule has 1 fully saturated rings. The average Bonchev–Trinajstić information content (AvgIpc) is 2.54. The Kier molecular flexibility index (Phi) is 3.92. The Morgan fingerprint density at radius 2 is 2.17 bits per heavy atom. The number of benzene rings is 1. The van der Waals surface area contributed by atoms with Gasteiger partial charge in [-0.1, -0.05) is 19.9 Å². The lowest BCUT2D eigenvalue weighted by molar-refractivity contribution is -0.139. The molecule has 4 rings (SSSR count). The van der Waals surface area contributed by atoms with E-state index in [4.69, 9.17) is 9.47 Å². The number of fused-ring (bicyclic) bond motifs is 1. The molecule has 1 saturated carbocycles. The van der Waals surface area contributed by atoms with Crippen LogP contribution in [0.25, 0.3) is 6.08 Å². The molecule has 0 radical (unpaired) electrons. The van der Waals surface area contributed by atoms with Gasteiger partial charge in [-0.25, -0.2) is 4.79 Å². The minimum atomic E-state index is -0.371. The smallest absolute Gasteiger partial charge is 0.335 e. The minimum Gasteiger partial charge on any atom is -0.504 e. The van der Waals surface area contributed by atoms with Gasteiger partial charge in [0.05, 0.1) is 7.11 Å². The molecular formula is C19H22O4. The molecule has 2 bridgehead atoms. The number of allylic oxidation sites excluding steroid dienone is 2. The number of ether oxygens (including phenoxy) is 2. The summed E-state index contributed by atoms with van der Waals surface area (Å²) >= 11 is 0. The molecule has 1 N–H and O–H groups in total. The maximum atomic E-state index is 12.0. The van der Waals surface area contributed by atoms with E-state index >= 15 is 0 Å². The first kappa shape index (κ1) is 15.7. The Hall–Kier alpha value is -2.23. The summed E-state index contributed by atoms with van der Waals surface area (Å²) in [5.74, 6) is 1.96. The molecule has 2 atom stereocenters. The second kappa shape index (κ2) is 5.76. The number of carbonyl (C=O) groups excluding carboxylic acids is 1. The van der Waals surface area contributed by atoms with Crippen molar-refractivity contribution in [3.05, 3.63) is 41.7 Å². The van der Waals surface area contributed by atoms with Crippen LogP contribution in [0.5, 0.6) is 11.5 Å². The number of hydrogen-bond donors (Lipinski definition) is 1. The molecule has 3 aliphatic rings. The Bertz CT molecular complexity index is 685. The van der Waals surface area contributed by atoms with E-state index in [0.29, 0.717) is 11.7 Å². The second-order valence-electron chi connectivity index (χ2n) is 6.83. The van der Waals surface area contributed by atoms with Gasteiger partial charge in [0.15, 0.2) is 11.5 Å². The zero-order valence-corrected chi connectivity index (χ0v) is 13.7. The molecule has 0 spiro atoms. The van der Waals surface area contributed by atoms with Crippen LogP contribution >= 0.6 is 0 Å². The van der Waals surface area contributed by atoms with Crippen LogP contribution in [0.4, 0.5) is 0 Å². The van der Waals surface area contributed by atoms with Crippen molar-refractivity contribution in [1.29, 1.82) is 0 Å². The molecule has 4 heteroatoms. The fourth-order valence-corrected chi connectivity index (χ4v) is 3.52. The van der Waals surface area contributed by atoms with Gasteiger partial charge in [-0.3, -0.25) is 0 Å². The van der Waals surface area contributed by atoms with Crippen molar-refractivity contribution in [3.8, 4) is 11.5 Å². The van der Waals surface area contributed by atoms with Crippen LogP contribution in [0.3, 0.4) is 0 Å². The van der Waals surface area contributed by atoms with Gasteiger partial charge in [0.2, 0.25) is 0 Å². The van der Waals surface area contributed by atoms with Crippen molar-refractivity contribution in [1.82, 2.24) is 0 Å². The number of aromatic hydroxyl groups is 1. The van der Waals surface area contributed by atoms with Crippen molar-refractivity contribution in [3.63, 3.8) is 0 Å². The number of methoxy groups -OCH3 is 1. The SMILES string of the molecule is COc1cc(/C=C/C(=O)OC2=CC[C@H]3C[C@@H]2C3(C)C)ccc1O. The standard InChI is InChI=1S/C19H22O4/c1-19(2)13-6-8-16(14(19)11-13)23-18(21)9-5-12-4-7-15(20)17(10-12)22-3/h4-5,7-10,13-14,20H,6,11H2,1-3H3/b9-5+/t13-,14-/m0/s1. The van der Waals surface area contributed by atoms with Gasteiger partial charge >= 0.3 is 5.97 Å². The lowest BCUT2D eigenvalue weighted by Crippen LogP contribution is -2.48. The number of phenols is 1. The molecule has 122 valence electrons. The second-order valence-corrected chi connectivity index (χ2v) is 6.83. The maximum Gasteiger partial charge on any atom is 0.335 e. The zero-order valence-electron chi connectivity index (χ0n) is 13.7.